The fraction of sp³-hybridized carbons (Fsp3) is 0. The van der Waals surface area contributed by atoms with Crippen LogP contribution in [0.25, 0.3) is 11.3 Å². The Hall–Kier alpha value is -2.44. The number of anilines is 1. The van der Waals surface area contributed by atoms with Crippen LogP contribution in [0, 0.1) is 0 Å². The third-order valence-electron chi connectivity index (χ3n) is 3.21. The SMILES string of the molecule is Nc1nc(Cl)c(S(=O)(=O)c2ccccc2)c(-c2ccccc2)n1. The number of aromatic nitrogens is 2. The normalized spacial score (nSPS) is 11.3. The van der Waals surface area contributed by atoms with Crippen molar-refractivity contribution in [1.82, 2.24) is 9.97 Å². The number of halogens is 1. The number of rotatable bonds is 3. The quantitative estimate of drug-likeness (QED) is 0.736. The molecule has 0 aliphatic rings. The van der Waals surface area contributed by atoms with E-state index in [1.54, 1.807) is 42.5 Å². The highest BCUT2D eigenvalue weighted by Gasteiger charge is 2.27. The topological polar surface area (TPSA) is 85.9 Å². The highest BCUT2D eigenvalue weighted by molar-refractivity contribution is 7.91. The fourth-order valence-corrected chi connectivity index (χ4v) is 4.10. The summed E-state index contributed by atoms with van der Waals surface area (Å²) in [5, 5.41) is -0.194. The van der Waals surface area contributed by atoms with E-state index in [1.165, 1.54) is 12.1 Å². The van der Waals surface area contributed by atoms with E-state index in [0.29, 0.717) is 5.56 Å². The Morgan fingerprint density at radius 1 is 0.870 bits per heavy atom. The van der Waals surface area contributed by atoms with Crippen LogP contribution in [0.1, 0.15) is 0 Å². The molecule has 7 heteroatoms. The van der Waals surface area contributed by atoms with Crippen molar-refractivity contribution in [2.45, 2.75) is 9.79 Å². The summed E-state index contributed by atoms with van der Waals surface area (Å²) in [5.74, 6) is -0.0825. The van der Waals surface area contributed by atoms with Crippen molar-refractivity contribution in [3.8, 4) is 11.3 Å². The third-order valence-corrected chi connectivity index (χ3v) is 5.41. The van der Waals surface area contributed by atoms with Crippen molar-refractivity contribution in [2.24, 2.45) is 0 Å². The summed E-state index contributed by atoms with van der Waals surface area (Å²) in [7, 11) is -3.88. The highest BCUT2D eigenvalue weighted by atomic mass is 35.5. The first kappa shape index (κ1) is 15.5. The lowest BCUT2D eigenvalue weighted by Gasteiger charge is -2.12. The van der Waals surface area contributed by atoms with Gasteiger partial charge in [0.25, 0.3) is 0 Å². The van der Waals surface area contributed by atoms with Crippen LogP contribution in [0.15, 0.2) is 70.5 Å². The molecule has 1 heterocycles. The molecular formula is C16H12ClN3O2S. The third kappa shape index (κ3) is 2.91. The second-order valence-corrected chi connectivity index (χ2v) is 6.98. The first-order valence-electron chi connectivity index (χ1n) is 6.69. The molecule has 0 radical (unpaired) electrons. The van der Waals surface area contributed by atoms with Crippen LogP contribution in [0.5, 0.6) is 0 Å². The lowest BCUT2D eigenvalue weighted by atomic mass is 10.1. The predicted molar refractivity (Wildman–Crippen MR) is 88.8 cm³/mol. The van der Waals surface area contributed by atoms with Gasteiger partial charge in [0, 0.05) is 5.56 Å². The van der Waals surface area contributed by atoms with Gasteiger partial charge in [0.15, 0.2) is 5.15 Å². The number of nitrogens with zero attached hydrogens (tertiary/aromatic N) is 2. The molecule has 2 aromatic carbocycles. The van der Waals surface area contributed by atoms with Gasteiger partial charge >= 0.3 is 0 Å². The van der Waals surface area contributed by atoms with Gasteiger partial charge in [-0.2, -0.15) is 4.98 Å². The van der Waals surface area contributed by atoms with Gasteiger partial charge in [0.2, 0.25) is 15.8 Å². The van der Waals surface area contributed by atoms with Crippen LogP contribution in [0.2, 0.25) is 5.15 Å². The molecule has 2 N–H and O–H groups in total. The lowest BCUT2D eigenvalue weighted by Crippen LogP contribution is -2.09. The Balaban J connectivity index is 2.32. The van der Waals surface area contributed by atoms with Gasteiger partial charge in [0.1, 0.15) is 4.90 Å². The molecular weight excluding hydrogens is 334 g/mol. The van der Waals surface area contributed by atoms with E-state index in [0.717, 1.165) is 0 Å². The van der Waals surface area contributed by atoms with E-state index in [4.69, 9.17) is 17.3 Å². The molecule has 0 aliphatic heterocycles. The van der Waals surface area contributed by atoms with Crippen molar-refractivity contribution in [3.05, 3.63) is 65.8 Å². The van der Waals surface area contributed by atoms with Crippen molar-refractivity contribution in [1.29, 1.82) is 0 Å². The largest absolute Gasteiger partial charge is 0.368 e. The molecule has 3 rings (SSSR count). The highest BCUT2D eigenvalue weighted by Crippen LogP contribution is 2.34. The van der Waals surface area contributed by atoms with Crippen LogP contribution in [0.4, 0.5) is 5.95 Å². The Morgan fingerprint density at radius 2 is 1.43 bits per heavy atom. The molecule has 23 heavy (non-hydrogen) atoms. The van der Waals surface area contributed by atoms with Crippen molar-refractivity contribution >= 4 is 27.4 Å². The number of hydrogen-bond acceptors (Lipinski definition) is 5. The standard InChI is InChI=1S/C16H12ClN3O2S/c17-15-14(23(21,22)12-9-5-2-6-10-12)13(19-16(18)20-15)11-7-3-1-4-8-11/h1-10H,(H2,18,19,20). The van der Waals surface area contributed by atoms with E-state index < -0.39 is 9.84 Å². The molecule has 1 aromatic heterocycles. The van der Waals surface area contributed by atoms with E-state index in [1.807, 2.05) is 6.07 Å². The van der Waals surface area contributed by atoms with Crippen molar-refractivity contribution in [3.63, 3.8) is 0 Å². The molecule has 0 atom stereocenters. The number of hydrogen-bond donors (Lipinski definition) is 1. The second-order valence-electron chi connectivity index (χ2n) is 4.73. The Labute approximate surface area is 138 Å². The molecule has 3 aromatic rings. The Morgan fingerprint density at radius 3 is 2.04 bits per heavy atom. The van der Waals surface area contributed by atoms with Gasteiger partial charge in [-0.15, -0.1) is 0 Å². The van der Waals surface area contributed by atoms with Crippen LogP contribution in [-0.2, 0) is 9.84 Å². The fourth-order valence-electron chi connectivity index (χ4n) is 2.19. The number of nitrogens with two attached hydrogens (primary N) is 1. The van der Waals surface area contributed by atoms with Crippen molar-refractivity contribution in [2.75, 3.05) is 5.73 Å². The van der Waals surface area contributed by atoms with Gasteiger partial charge in [-0.3, -0.25) is 0 Å². The molecule has 5 nitrogen and oxygen atoms in total. The van der Waals surface area contributed by atoms with Gasteiger partial charge < -0.3 is 5.73 Å². The molecule has 0 aliphatic carbocycles. The summed E-state index contributed by atoms with van der Waals surface area (Å²) in [6.07, 6.45) is 0. The summed E-state index contributed by atoms with van der Waals surface area (Å²) >= 11 is 6.11. The van der Waals surface area contributed by atoms with E-state index >= 15 is 0 Å². The lowest BCUT2D eigenvalue weighted by molar-refractivity contribution is 0.595. The molecule has 0 spiro atoms. The molecule has 116 valence electrons. The van der Waals surface area contributed by atoms with Gasteiger partial charge in [-0.1, -0.05) is 60.1 Å². The Bertz CT molecular complexity index is 946. The predicted octanol–water partition coefficient (Wildman–Crippen LogP) is 3.21. The monoisotopic (exact) mass is 345 g/mol. The first-order chi connectivity index (χ1) is 11.0. The van der Waals surface area contributed by atoms with E-state index in [2.05, 4.69) is 9.97 Å². The molecule has 0 bridgehead atoms. The zero-order chi connectivity index (χ0) is 16.4. The maximum Gasteiger partial charge on any atom is 0.222 e. The Kier molecular flexibility index (Phi) is 4.02. The van der Waals surface area contributed by atoms with E-state index in [9.17, 15) is 8.42 Å². The number of sulfone groups is 1. The maximum atomic E-state index is 13.0. The summed E-state index contributed by atoms with van der Waals surface area (Å²) in [6, 6.07) is 16.9. The van der Waals surface area contributed by atoms with Gasteiger partial charge in [-0.25, -0.2) is 13.4 Å². The summed E-state index contributed by atoms with van der Waals surface area (Å²) in [6.45, 7) is 0. The minimum Gasteiger partial charge on any atom is -0.368 e. The molecule has 0 amide bonds. The molecule has 0 unspecified atom stereocenters. The molecule has 0 saturated carbocycles. The van der Waals surface area contributed by atoms with Crippen LogP contribution >= 0.6 is 11.6 Å². The summed E-state index contributed by atoms with van der Waals surface area (Å²) in [4.78, 5) is 7.87. The van der Waals surface area contributed by atoms with Gasteiger partial charge in [0.05, 0.1) is 10.6 Å². The van der Waals surface area contributed by atoms with Crippen LogP contribution < -0.4 is 5.73 Å². The minimum absolute atomic E-state index is 0.0825. The summed E-state index contributed by atoms with van der Waals surface area (Å²) in [5.41, 5.74) is 6.43. The summed E-state index contributed by atoms with van der Waals surface area (Å²) < 4.78 is 25.9. The zero-order valence-electron chi connectivity index (χ0n) is 11.8. The number of nitrogen functional groups attached to an aromatic ring is 1. The zero-order valence-corrected chi connectivity index (χ0v) is 13.4. The average molecular weight is 346 g/mol. The second kappa shape index (κ2) is 5.98. The van der Waals surface area contributed by atoms with Crippen LogP contribution in [-0.4, -0.2) is 18.4 Å². The molecule has 0 saturated heterocycles. The molecule has 0 fully saturated rings. The smallest absolute Gasteiger partial charge is 0.222 e. The van der Waals surface area contributed by atoms with Crippen molar-refractivity contribution < 1.29 is 8.42 Å². The first-order valence-corrected chi connectivity index (χ1v) is 8.55. The van der Waals surface area contributed by atoms with Gasteiger partial charge in [-0.05, 0) is 12.1 Å². The van der Waals surface area contributed by atoms with Crippen LogP contribution in [0.3, 0.4) is 0 Å². The van der Waals surface area contributed by atoms with E-state index in [-0.39, 0.29) is 26.6 Å². The minimum atomic E-state index is -3.88. The maximum absolute atomic E-state index is 13.0. The number of benzene rings is 2. The average Bonchev–Trinajstić information content (AvgIpc) is 2.55.